The molecule has 0 radical (unpaired) electrons. The molecule has 8 heteroatoms. The average Bonchev–Trinajstić information content (AvgIpc) is 2.81. The Morgan fingerprint density at radius 2 is 1.06 bits per heavy atom. The molecule has 0 unspecified atom stereocenters. The van der Waals surface area contributed by atoms with Crippen molar-refractivity contribution in [2.45, 2.75) is 38.8 Å². The Bertz CT molecular complexity index is 927. The summed E-state index contributed by atoms with van der Waals surface area (Å²) >= 11 is 11.9. The summed E-state index contributed by atoms with van der Waals surface area (Å²) in [7, 11) is 0. The molecule has 0 aliphatic heterocycles. The van der Waals surface area contributed by atoms with Crippen LogP contribution in [0.1, 0.15) is 47.4 Å². The van der Waals surface area contributed by atoms with Crippen molar-refractivity contribution in [3.8, 4) is 12.1 Å². The van der Waals surface area contributed by atoms with E-state index in [1.165, 1.54) is 9.80 Å². The van der Waals surface area contributed by atoms with Gasteiger partial charge in [0, 0.05) is 34.3 Å². The number of hydrogen-bond donors (Lipinski definition) is 0. The third-order valence-electron chi connectivity index (χ3n) is 5.11. The van der Waals surface area contributed by atoms with E-state index < -0.39 is 12.1 Å². The highest BCUT2D eigenvalue weighted by molar-refractivity contribution is 6.31. The zero-order valence-corrected chi connectivity index (χ0v) is 19.5. The lowest BCUT2D eigenvalue weighted by Gasteiger charge is -2.32. The van der Waals surface area contributed by atoms with Crippen LogP contribution in [0.4, 0.5) is 0 Å². The van der Waals surface area contributed by atoms with Crippen molar-refractivity contribution in [1.29, 1.82) is 10.5 Å². The van der Waals surface area contributed by atoms with E-state index in [1.54, 1.807) is 48.5 Å². The molecule has 6 nitrogen and oxygen atoms in total. The minimum absolute atomic E-state index is 0.102. The number of nitriles is 2. The maximum Gasteiger partial charge on any atom is 0.254 e. The predicted molar refractivity (Wildman–Crippen MR) is 124 cm³/mol. The number of carbonyl (C=O) groups excluding carboxylic acids is 2. The summed E-state index contributed by atoms with van der Waals surface area (Å²) in [5, 5.41) is 20.2. The minimum atomic E-state index is -0.673. The van der Waals surface area contributed by atoms with Crippen molar-refractivity contribution in [3.05, 3.63) is 69.7 Å². The molecule has 0 heterocycles. The van der Waals surface area contributed by atoms with Crippen LogP contribution in [0.2, 0.25) is 10.0 Å². The van der Waals surface area contributed by atoms with Crippen molar-refractivity contribution < 1.29 is 9.59 Å². The van der Waals surface area contributed by atoms with E-state index in [9.17, 15) is 20.1 Å². The van der Waals surface area contributed by atoms with E-state index in [0.717, 1.165) is 0 Å². The fraction of sp³-hybridized carbons (Fsp3) is 0.333. The molecular formula is C24H24Cl2N4O2. The third-order valence-corrected chi connectivity index (χ3v) is 5.61. The van der Waals surface area contributed by atoms with Gasteiger partial charge < -0.3 is 9.80 Å². The second-order valence-corrected chi connectivity index (χ2v) is 7.99. The van der Waals surface area contributed by atoms with Gasteiger partial charge >= 0.3 is 0 Å². The highest BCUT2D eigenvalue weighted by atomic mass is 35.5. The first kappa shape index (κ1) is 25.2. The average molecular weight is 471 g/mol. The molecule has 0 bridgehead atoms. The molecule has 166 valence electrons. The summed E-state index contributed by atoms with van der Waals surface area (Å²) < 4.78 is 0. The highest BCUT2D eigenvalue weighted by Crippen LogP contribution is 2.17. The number of halogens is 2. The first-order valence-electron chi connectivity index (χ1n) is 10.3. The van der Waals surface area contributed by atoms with Crippen LogP contribution in [-0.2, 0) is 0 Å². The van der Waals surface area contributed by atoms with Crippen LogP contribution in [0.25, 0.3) is 0 Å². The fourth-order valence-electron chi connectivity index (χ4n) is 3.29. The second-order valence-electron chi connectivity index (χ2n) is 7.12. The lowest BCUT2D eigenvalue weighted by molar-refractivity contribution is 0.0603. The Hall–Kier alpha value is -3.06. The fourth-order valence-corrected chi connectivity index (χ4v) is 3.54. The van der Waals surface area contributed by atoms with Crippen LogP contribution in [-0.4, -0.2) is 46.8 Å². The molecule has 0 fully saturated rings. The Labute approximate surface area is 198 Å². The van der Waals surface area contributed by atoms with Crippen LogP contribution in [0, 0.1) is 22.7 Å². The number of nitrogens with zero attached hydrogens (tertiary/aromatic N) is 4. The molecule has 2 rings (SSSR count). The monoisotopic (exact) mass is 470 g/mol. The molecule has 2 amide bonds. The number of amides is 2. The minimum Gasteiger partial charge on any atom is -0.321 e. The van der Waals surface area contributed by atoms with Gasteiger partial charge in [0.25, 0.3) is 11.8 Å². The predicted octanol–water partition coefficient (Wildman–Crippen LogP) is 5.18. The van der Waals surface area contributed by atoms with Crippen molar-refractivity contribution >= 4 is 35.0 Å². The standard InChI is InChI=1S/C24H24Cl2N4O2/c1-3-21(15-27)29(23(31)17-5-9-19(25)10-6-17)13-14-30(22(4-2)16-28)24(32)18-7-11-20(26)12-8-18/h5-12,21-22H,3-4,13-14H2,1-2H3/t21-,22-/m1/s1. The molecule has 2 aromatic rings. The molecule has 2 atom stereocenters. The quantitative estimate of drug-likeness (QED) is 0.504. The van der Waals surface area contributed by atoms with Gasteiger partial charge in [0.15, 0.2) is 0 Å². The Morgan fingerprint density at radius 3 is 1.31 bits per heavy atom. The Balaban J connectivity index is 2.32. The van der Waals surface area contributed by atoms with E-state index in [-0.39, 0.29) is 24.9 Å². The molecule has 0 aliphatic carbocycles. The zero-order chi connectivity index (χ0) is 23.7. The van der Waals surface area contributed by atoms with Crippen molar-refractivity contribution in [2.75, 3.05) is 13.1 Å². The Morgan fingerprint density at radius 1 is 0.750 bits per heavy atom. The van der Waals surface area contributed by atoms with E-state index in [1.807, 2.05) is 13.8 Å². The van der Waals surface area contributed by atoms with Gasteiger partial charge in [-0.05, 0) is 61.4 Å². The van der Waals surface area contributed by atoms with Gasteiger partial charge in [-0.25, -0.2) is 0 Å². The summed E-state index contributed by atoms with van der Waals surface area (Å²) in [6.45, 7) is 3.84. The smallest absolute Gasteiger partial charge is 0.254 e. The van der Waals surface area contributed by atoms with Gasteiger partial charge in [0.2, 0.25) is 0 Å². The molecule has 0 saturated heterocycles. The Kier molecular flexibility index (Phi) is 9.53. The van der Waals surface area contributed by atoms with Crippen LogP contribution < -0.4 is 0 Å². The molecule has 0 N–H and O–H groups in total. The van der Waals surface area contributed by atoms with Gasteiger partial charge in [-0.2, -0.15) is 10.5 Å². The normalized spacial score (nSPS) is 12.2. The molecule has 0 spiro atoms. The van der Waals surface area contributed by atoms with Gasteiger partial charge in [-0.3, -0.25) is 9.59 Å². The lowest BCUT2D eigenvalue weighted by Crippen LogP contribution is -2.48. The molecule has 32 heavy (non-hydrogen) atoms. The van der Waals surface area contributed by atoms with Crippen molar-refractivity contribution in [2.24, 2.45) is 0 Å². The van der Waals surface area contributed by atoms with E-state index in [2.05, 4.69) is 12.1 Å². The zero-order valence-electron chi connectivity index (χ0n) is 18.0. The number of rotatable bonds is 9. The highest BCUT2D eigenvalue weighted by Gasteiger charge is 2.28. The molecule has 0 saturated carbocycles. The summed E-state index contributed by atoms with van der Waals surface area (Å²) in [5.41, 5.74) is 0.789. The van der Waals surface area contributed by atoms with Gasteiger partial charge in [-0.15, -0.1) is 0 Å². The summed E-state index contributed by atoms with van der Waals surface area (Å²) in [4.78, 5) is 29.2. The van der Waals surface area contributed by atoms with E-state index in [0.29, 0.717) is 34.0 Å². The maximum absolute atomic E-state index is 13.2. The van der Waals surface area contributed by atoms with Gasteiger partial charge in [0.1, 0.15) is 12.1 Å². The third kappa shape index (κ3) is 6.23. The van der Waals surface area contributed by atoms with Gasteiger partial charge in [0.05, 0.1) is 12.1 Å². The second kappa shape index (κ2) is 12.1. The van der Waals surface area contributed by atoms with Crippen LogP contribution in [0.5, 0.6) is 0 Å². The SMILES string of the molecule is CC[C@H](C#N)N(CCN(C(=O)c1ccc(Cl)cc1)[C@@H](C#N)CC)C(=O)c1ccc(Cl)cc1. The van der Waals surface area contributed by atoms with Gasteiger partial charge in [-0.1, -0.05) is 37.0 Å². The first-order valence-corrected chi connectivity index (χ1v) is 11.0. The van der Waals surface area contributed by atoms with Crippen LogP contribution in [0.15, 0.2) is 48.5 Å². The van der Waals surface area contributed by atoms with Crippen LogP contribution in [0.3, 0.4) is 0 Å². The molecule has 0 aliphatic rings. The van der Waals surface area contributed by atoms with Crippen molar-refractivity contribution in [3.63, 3.8) is 0 Å². The number of carbonyl (C=O) groups is 2. The summed E-state index contributed by atoms with van der Waals surface area (Å²) in [6.07, 6.45) is 0.854. The van der Waals surface area contributed by atoms with E-state index >= 15 is 0 Å². The number of benzene rings is 2. The number of hydrogen-bond acceptors (Lipinski definition) is 4. The first-order chi connectivity index (χ1) is 15.4. The molecule has 2 aromatic carbocycles. The van der Waals surface area contributed by atoms with Crippen molar-refractivity contribution in [1.82, 2.24) is 9.80 Å². The topological polar surface area (TPSA) is 88.2 Å². The van der Waals surface area contributed by atoms with Crippen LogP contribution >= 0.6 is 23.2 Å². The molecular weight excluding hydrogens is 447 g/mol. The summed E-state index contributed by atoms with van der Waals surface area (Å²) in [5.74, 6) is -0.669. The van der Waals surface area contributed by atoms with E-state index in [4.69, 9.17) is 23.2 Å². The molecule has 0 aromatic heterocycles. The maximum atomic E-state index is 13.2. The largest absolute Gasteiger partial charge is 0.321 e. The summed E-state index contributed by atoms with van der Waals surface area (Å²) in [6, 6.07) is 15.8. The lowest BCUT2D eigenvalue weighted by atomic mass is 10.1.